The van der Waals surface area contributed by atoms with Crippen LogP contribution in [-0.4, -0.2) is 39.7 Å². The zero-order valence-corrected chi connectivity index (χ0v) is 20.5. The molecule has 2 aromatic carbocycles. The van der Waals surface area contributed by atoms with Crippen molar-refractivity contribution in [2.75, 3.05) is 23.7 Å². The second kappa shape index (κ2) is 9.54. The van der Waals surface area contributed by atoms with Gasteiger partial charge in [-0.3, -0.25) is 14.7 Å². The number of carbonyl (C=O) groups excluding carboxylic acids is 1. The number of nitrogens with one attached hydrogen (secondary N) is 3. The fourth-order valence-corrected chi connectivity index (χ4v) is 4.34. The highest BCUT2D eigenvalue weighted by molar-refractivity contribution is 5.91. The van der Waals surface area contributed by atoms with Crippen LogP contribution in [0.5, 0.6) is 0 Å². The number of rotatable bonds is 6. The van der Waals surface area contributed by atoms with Gasteiger partial charge in [-0.05, 0) is 61.8 Å². The Morgan fingerprint density at radius 2 is 1.89 bits per heavy atom. The highest BCUT2D eigenvalue weighted by atomic mass is 16.5. The molecule has 1 fully saturated rings. The van der Waals surface area contributed by atoms with Crippen LogP contribution in [0.15, 0.2) is 59.4 Å². The van der Waals surface area contributed by atoms with Gasteiger partial charge in [-0.25, -0.2) is 4.98 Å². The molecule has 1 aliphatic rings. The van der Waals surface area contributed by atoms with E-state index in [-0.39, 0.29) is 17.7 Å². The highest BCUT2D eigenvalue weighted by Crippen LogP contribution is 2.25. The Kier molecular flexibility index (Phi) is 6.30. The lowest BCUT2D eigenvalue weighted by Crippen LogP contribution is -2.35. The maximum Gasteiger partial charge on any atom is 0.231 e. The summed E-state index contributed by atoms with van der Waals surface area (Å²) in [6, 6.07) is 16.6. The summed E-state index contributed by atoms with van der Waals surface area (Å²) in [4.78, 5) is 17.1. The van der Waals surface area contributed by atoms with E-state index in [9.17, 15) is 4.79 Å². The van der Waals surface area contributed by atoms with E-state index in [1.807, 2.05) is 51.4 Å². The number of hydrogen-bond acceptors (Lipinski definition) is 6. The first-order valence-corrected chi connectivity index (χ1v) is 12.2. The number of hydrogen-bond donors (Lipinski definition) is 3. The zero-order chi connectivity index (χ0) is 24.4. The average Bonchev–Trinajstić information content (AvgIpc) is 3.47. The van der Waals surface area contributed by atoms with Gasteiger partial charge >= 0.3 is 0 Å². The number of piperidine rings is 1. The zero-order valence-electron chi connectivity index (χ0n) is 20.5. The Morgan fingerprint density at radius 1 is 1.11 bits per heavy atom. The van der Waals surface area contributed by atoms with E-state index in [0.717, 1.165) is 59.6 Å². The first kappa shape index (κ1) is 23.1. The molecule has 0 radical (unpaired) electrons. The minimum Gasteiger partial charge on any atom is -0.382 e. The smallest absolute Gasteiger partial charge is 0.231 e. The molecule has 1 amide bonds. The molecule has 182 valence electrons. The van der Waals surface area contributed by atoms with Crippen LogP contribution in [0.2, 0.25) is 0 Å². The second-order valence-corrected chi connectivity index (χ2v) is 10.2. The molecule has 3 heterocycles. The SMILES string of the molecule is CC(C)(C)c1cc(NC(=O)Cc2ccc(-n3cnc4cc(NC5CCNCC5)ccc43)cc2)on1. The Hall–Kier alpha value is -3.65. The van der Waals surface area contributed by atoms with E-state index >= 15 is 0 Å². The van der Waals surface area contributed by atoms with Gasteiger partial charge in [0.1, 0.15) is 6.33 Å². The molecule has 8 heteroatoms. The monoisotopic (exact) mass is 472 g/mol. The third kappa shape index (κ3) is 5.38. The predicted octanol–water partition coefficient (Wildman–Crippen LogP) is 4.66. The van der Waals surface area contributed by atoms with Gasteiger partial charge in [0.05, 0.1) is 23.1 Å². The lowest BCUT2D eigenvalue weighted by Gasteiger charge is -2.24. The number of nitrogens with zero attached hydrogens (tertiary/aromatic N) is 3. The van der Waals surface area contributed by atoms with Crippen molar-refractivity contribution in [1.82, 2.24) is 20.0 Å². The average molecular weight is 473 g/mol. The minimum atomic E-state index is -0.142. The van der Waals surface area contributed by atoms with E-state index < -0.39 is 0 Å². The summed E-state index contributed by atoms with van der Waals surface area (Å²) < 4.78 is 7.33. The normalized spacial score (nSPS) is 14.8. The Labute approximate surface area is 205 Å². The van der Waals surface area contributed by atoms with Gasteiger partial charge < -0.3 is 15.2 Å². The molecule has 4 aromatic rings. The Morgan fingerprint density at radius 3 is 2.60 bits per heavy atom. The minimum absolute atomic E-state index is 0.134. The second-order valence-electron chi connectivity index (χ2n) is 10.2. The van der Waals surface area contributed by atoms with Crippen molar-refractivity contribution < 1.29 is 9.32 Å². The van der Waals surface area contributed by atoms with Crippen molar-refractivity contribution in [3.05, 3.63) is 66.1 Å². The molecule has 8 nitrogen and oxygen atoms in total. The van der Waals surface area contributed by atoms with Crippen LogP contribution in [-0.2, 0) is 16.6 Å². The van der Waals surface area contributed by atoms with Gasteiger partial charge in [-0.15, -0.1) is 0 Å². The van der Waals surface area contributed by atoms with E-state index in [1.54, 1.807) is 6.07 Å². The fraction of sp³-hybridized carbons (Fsp3) is 0.370. The van der Waals surface area contributed by atoms with E-state index in [0.29, 0.717) is 11.9 Å². The summed E-state index contributed by atoms with van der Waals surface area (Å²) in [7, 11) is 0. The van der Waals surface area contributed by atoms with Crippen LogP contribution in [0.25, 0.3) is 16.7 Å². The number of carbonyl (C=O) groups is 1. The Bertz CT molecular complexity index is 1310. The third-order valence-corrected chi connectivity index (χ3v) is 6.38. The summed E-state index contributed by atoms with van der Waals surface area (Å²) in [5.74, 6) is 0.228. The van der Waals surface area contributed by atoms with Crippen LogP contribution in [0, 0.1) is 0 Å². The standard InChI is InChI=1S/C27H32N6O2/c1-27(2,3)24-16-26(35-32-24)31-25(34)14-18-4-7-21(8-5-18)33-17-29-22-15-20(6-9-23(22)33)30-19-10-12-28-13-11-19/h4-9,15-17,19,28,30H,10-14H2,1-3H3,(H,31,34). The number of fused-ring (bicyclic) bond motifs is 1. The molecule has 0 unspecified atom stereocenters. The maximum atomic E-state index is 12.5. The number of imidazole rings is 1. The molecule has 0 spiro atoms. The first-order chi connectivity index (χ1) is 16.8. The summed E-state index contributed by atoms with van der Waals surface area (Å²) in [5.41, 5.74) is 5.70. The molecule has 0 saturated carbocycles. The Balaban J connectivity index is 1.23. The van der Waals surface area contributed by atoms with Gasteiger partial charge in [-0.2, -0.15) is 0 Å². The topological polar surface area (TPSA) is 97.0 Å². The molecule has 0 atom stereocenters. The molecule has 5 rings (SSSR count). The van der Waals surface area contributed by atoms with Gasteiger partial charge in [0.15, 0.2) is 0 Å². The molecule has 3 N–H and O–H groups in total. The molecular formula is C27H32N6O2. The van der Waals surface area contributed by atoms with Gasteiger partial charge in [0.25, 0.3) is 0 Å². The molecule has 0 bridgehead atoms. The summed E-state index contributed by atoms with van der Waals surface area (Å²) >= 11 is 0. The van der Waals surface area contributed by atoms with Crippen molar-refractivity contribution in [2.45, 2.75) is 51.5 Å². The van der Waals surface area contributed by atoms with Gasteiger partial charge in [0.2, 0.25) is 11.8 Å². The van der Waals surface area contributed by atoms with Gasteiger partial charge in [-0.1, -0.05) is 38.1 Å². The van der Waals surface area contributed by atoms with Crippen LogP contribution < -0.4 is 16.0 Å². The molecule has 2 aromatic heterocycles. The van der Waals surface area contributed by atoms with Crippen molar-refractivity contribution in [3.8, 4) is 5.69 Å². The van der Waals surface area contributed by atoms with E-state index in [4.69, 9.17) is 4.52 Å². The molecule has 35 heavy (non-hydrogen) atoms. The molecule has 0 aliphatic carbocycles. The lowest BCUT2D eigenvalue weighted by molar-refractivity contribution is -0.115. The predicted molar refractivity (Wildman–Crippen MR) is 138 cm³/mol. The lowest BCUT2D eigenvalue weighted by atomic mass is 9.92. The van der Waals surface area contributed by atoms with Crippen LogP contribution in [0.4, 0.5) is 11.6 Å². The number of benzene rings is 2. The van der Waals surface area contributed by atoms with E-state index in [1.165, 1.54) is 0 Å². The largest absolute Gasteiger partial charge is 0.382 e. The molecular weight excluding hydrogens is 440 g/mol. The molecule has 1 saturated heterocycles. The summed E-state index contributed by atoms with van der Waals surface area (Å²) in [6.07, 6.45) is 4.36. The number of anilines is 2. The maximum absolute atomic E-state index is 12.5. The van der Waals surface area contributed by atoms with Crippen LogP contribution >= 0.6 is 0 Å². The molecule has 1 aliphatic heterocycles. The third-order valence-electron chi connectivity index (χ3n) is 6.38. The van der Waals surface area contributed by atoms with Crippen molar-refractivity contribution in [1.29, 1.82) is 0 Å². The van der Waals surface area contributed by atoms with Crippen molar-refractivity contribution in [2.24, 2.45) is 0 Å². The number of aromatic nitrogens is 3. The van der Waals surface area contributed by atoms with Crippen LogP contribution in [0.1, 0.15) is 44.9 Å². The van der Waals surface area contributed by atoms with Crippen LogP contribution in [0.3, 0.4) is 0 Å². The fourth-order valence-electron chi connectivity index (χ4n) is 4.34. The summed E-state index contributed by atoms with van der Waals surface area (Å²) in [6.45, 7) is 8.26. The van der Waals surface area contributed by atoms with Crippen molar-refractivity contribution in [3.63, 3.8) is 0 Å². The van der Waals surface area contributed by atoms with E-state index in [2.05, 4.69) is 48.9 Å². The first-order valence-electron chi connectivity index (χ1n) is 12.2. The van der Waals surface area contributed by atoms with Gasteiger partial charge in [0, 0.05) is 28.9 Å². The quantitative estimate of drug-likeness (QED) is 0.378. The highest BCUT2D eigenvalue weighted by Gasteiger charge is 2.20. The number of amides is 1. The summed E-state index contributed by atoms with van der Waals surface area (Å²) in [5, 5.41) is 13.9. The van der Waals surface area contributed by atoms with Crippen molar-refractivity contribution >= 4 is 28.5 Å².